The third-order valence-electron chi connectivity index (χ3n) is 2.48. The lowest BCUT2D eigenvalue weighted by Crippen LogP contribution is -2.31. The Bertz CT molecular complexity index is 524. The van der Waals surface area contributed by atoms with E-state index in [-0.39, 0.29) is 5.75 Å². The number of hydrogen-bond donors (Lipinski definition) is 2. The number of alkyl halides is 2. The van der Waals surface area contributed by atoms with E-state index < -0.39 is 6.61 Å². The summed E-state index contributed by atoms with van der Waals surface area (Å²) in [6, 6.07) is 3.41. The van der Waals surface area contributed by atoms with Gasteiger partial charge in [0.15, 0.2) is 5.11 Å². The minimum Gasteiger partial charge on any atom is -0.434 e. The van der Waals surface area contributed by atoms with Crippen LogP contribution in [-0.4, -0.2) is 24.5 Å². The van der Waals surface area contributed by atoms with Crippen LogP contribution in [0.25, 0.3) is 0 Å². The summed E-state index contributed by atoms with van der Waals surface area (Å²) < 4.78 is 29.1. The number of thiocarbonyl (C=S) groups is 1. The molecule has 0 fully saturated rings. The van der Waals surface area contributed by atoms with Crippen molar-refractivity contribution in [3.05, 3.63) is 41.5 Å². The van der Waals surface area contributed by atoms with E-state index >= 15 is 0 Å². The summed E-state index contributed by atoms with van der Waals surface area (Å²) in [7, 11) is 0. The molecule has 1 aromatic carbocycles. The Balaban J connectivity index is 2.72. The molecule has 114 valence electrons. The van der Waals surface area contributed by atoms with E-state index in [2.05, 4.69) is 27.2 Å². The van der Waals surface area contributed by atoms with Crippen LogP contribution in [0.3, 0.4) is 0 Å². The van der Waals surface area contributed by atoms with Gasteiger partial charge in [0.2, 0.25) is 0 Å². The van der Waals surface area contributed by atoms with Crippen molar-refractivity contribution in [1.29, 1.82) is 0 Å². The maximum atomic E-state index is 12.3. The van der Waals surface area contributed by atoms with Crippen molar-refractivity contribution >= 4 is 23.5 Å². The van der Waals surface area contributed by atoms with Crippen molar-refractivity contribution in [3.63, 3.8) is 0 Å². The van der Waals surface area contributed by atoms with E-state index in [0.29, 0.717) is 22.8 Å². The number of nitrogens with one attached hydrogen (secondary N) is 2. The first kappa shape index (κ1) is 17.0. The van der Waals surface area contributed by atoms with Gasteiger partial charge in [-0.25, -0.2) is 0 Å². The van der Waals surface area contributed by atoms with Crippen LogP contribution in [-0.2, 0) is 0 Å². The molecule has 0 heterocycles. The average molecular weight is 313 g/mol. The smallest absolute Gasteiger partial charge is 0.387 e. The van der Waals surface area contributed by atoms with Gasteiger partial charge in [-0.3, -0.25) is 5.43 Å². The number of rotatable bonds is 6. The predicted octanol–water partition coefficient (Wildman–Crippen LogP) is 2.89. The predicted molar refractivity (Wildman–Crippen MR) is 84.1 cm³/mol. The van der Waals surface area contributed by atoms with Crippen LogP contribution >= 0.6 is 12.2 Å². The Labute approximate surface area is 127 Å². The first-order valence-electron chi connectivity index (χ1n) is 6.18. The lowest BCUT2D eigenvalue weighted by Gasteiger charge is -2.12. The van der Waals surface area contributed by atoms with Gasteiger partial charge in [0.05, 0.1) is 6.21 Å². The number of nitrogens with zero attached hydrogens (tertiary/aromatic N) is 1. The first-order valence-corrected chi connectivity index (χ1v) is 6.58. The van der Waals surface area contributed by atoms with E-state index in [1.54, 1.807) is 38.3 Å². The van der Waals surface area contributed by atoms with Crippen LogP contribution in [0.5, 0.6) is 5.75 Å². The molecule has 4 nitrogen and oxygen atoms in total. The molecular weight excluding hydrogens is 296 g/mol. The summed E-state index contributed by atoms with van der Waals surface area (Å²) in [5, 5.41) is 7.19. The lowest BCUT2D eigenvalue weighted by atomic mass is 10.1. The molecule has 1 aromatic rings. The van der Waals surface area contributed by atoms with Gasteiger partial charge in [0.25, 0.3) is 0 Å². The van der Waals surface area contributed by atoms with E-state index in [1.807, 2.05) is 0 Å². The van der Waals surface area contributed by atoms with Crippen LogP contribution in [0.4, 0.5) is 8.78 Å². The van der Waals surface area contributed by atoms with Gasteiger partial charge in [-0.2, -0.15) is 13.9 Å². The SMILES string of the molecule is C=CCNC(=S)N/N=C\c1cc(C)c(OC(F)F)c(C)c1. The molecule has 21 heavy (non-hydrogen) atoms. The summed E-state index contributed by atoms with van der Waals surface area (Å²) in [5.41, 5.74) is 4.63. The molecule has 0 spiro atoms. The van der Waals surface area contributed by atoms with Gasteiger partial charge in [-0.05, 0) is 54.9 Å². The normalized spacial score (nSPS) is 10.7. The van der Waals surface area contributed by atoms with Gasteiger partial charge in [-0.1, -0.05) is 6.08 Å². The molecule has 0 aliphatic rings. The molecule has 2 N–H and O–H groups in total. The second-order valence-corrected chi connectivity index (χ2v) is 4.64. The standard InChI is InChI=1S/C14H17F2N3OS/c1-4-5-17-14(21)19-18-8-11-6-9(2)12(10(3)7-11)20-13(15)16/h4,6-8,13H,1,5H2,2-3H3,(H2,17,19,21)/b18-8-. The second-order valence-electron chi connectivity index (χ2n) is 4.23. The number of halogens is 2. The van der Waals surface area contributed by atoms with Crippen molar-refractivity contribution in [2.75, 3.05) is 6.54 Å². The van der Waals surface area contributed by atoms with Crippen molar-refractivity contribution in [1.82, 2.24) is 10.7 Å². The fourth-order valence-electron chi connectivity index (χ4n) is 1.70. The topological polar surface area (TPSA) is 45.7 Å². The fraction of sp³-hybridized carbons (Fsp3) is 0.286. The Hall–Kier alpha value is -2.02. The maximum absolute atomic E-state index is 12.3. The Morgan fingerprint density at radius 2 is 2.05 bits per heavy atom. The zero-order valence-electron chi connectivity index (χ0n) is 11.8. The largest absolute Gasteiger partial charge is 0.434 e. The number of aryl methyl sites for hydroxylation is 2. The molecule has 0 aromatic heterocycles. The highest BCUT2D eigenvalue weighted by Gasteiger charge is 2.10. The highest BCUT2D eigenvalue weighted by molar-refractivity contribution is 7.80. The molecule has 0 bridgehead atoms. The highest BCUT2D eigenvalue weighted by Crippen LogP contribution is 2.25. The monoisotopic (exact) mass is 313 g/mol. The fourth-order valence-corrected chi connectivity index (χ4v) is 1.84. The first-order chi connectivity index (χ1) is 9.93. The van der Waals surface area contributed by atoms with Crippen LogP contribution in [0.2, 0.25) is 0 Å². The third-order valence-corrected chi connectivity index (χ3v) is 2.71. The molecule has 0 amide bonds. The zero-order valence-corrected chi connectivity index (χ0v) is 12.6. The second kappa shape index (κ2) is 8.31. The van der Waals surface area contributed by atoms with Gasteiger partial charge >= 0.3 is 6.61 Å². The Morgan fingerprint density at radius 3 is 2.57 bits per heavy atom. The zero-order chi connectivity index (χ0) is 15.8. The summed E-state index contributed by atoms with van der Waals surface area (Å²) in [5.74, 6) is 0.193. The number of ether oxygens (including phenoxy) is 1. The molecule has 0 saturated carbocycles. The van der Waals surface area contributed by atoms with Crippen molar-refractivity contribution in [2.24, 2.45) is 5.10 Å². The molecule has 0 saturated heterocycles. The van der Waals surface area contributed by atoms with Crippen molar-refractivity contribution in [3.8, 4) is 5.75 Å². The minimum atomic E-state index is -2.84. The molecule has 1 rings (SSSR count). The third kappa shape index (κ3) is 5.86. The maximum Gasteiger partial charge on any atom is 0.387 e. The van der Waals surface area contributed by atoms with Gasteiger partial charge < -0.3 is 10.1 Å². The van der Waals surface area contributed by atoms with Crippen molar-refractivity contribution in [2.45, 2.75) is 20.5 Å². The summed E-state index contributed by atoms with van der Waals surface area (Å²) in [6.45, 7) is 4.66. The van der Waals surface area contributed by atoms with E-state index in [9.17, 15) is 8.78 Å². The molecule has 0 aliphatic heterocycles. The van der Waals surface area contributed by atoms with Crippen molar-refractivity contribution < 1.29 is 13.5 Å². The number of hydrazone groups is 1. The quantitative estimate of drug-likeness (QED) is 0.367. The van der Waals surface area contributed by atoms with Gasteiger partial charge in [0, 0.05) is 6.54 Å². The molecule has 7 heteroatoms. The van der Waals surface area contributed by atoms with Gasteiger partial charge in [0.1, 0.15) is 5.75 Å². The van der Waals surface area contributed by atoms with Crippen LogP contribution in [0, 0.1) is 13.8 Å². The Kier molecular flexibility index (Phi) is 6.74. The Morgan fingerprint density at radius 1 is 1.43 bits per heavy atom. The average Bonchev–Trinajstić information content (AvgIpc) is 2.40. The minimum absolute atomic E-state index is 0.193. The molecular formula is C14H17F2N3OS. The molecule has 0 aliphatic carbocycles. The molecule has 0 unspecified atom stereocenters. The number of benzene rings is 1. The van der Waals surface area contributed by atoms with Crippen LogP contribution < -0.4 is 15.5 Å². The lowest BCUT2D eigenvalue weighted by molar-refractivity contribution is -0.0507. The van der Waals surface area contributed by atoms with E-state index in [1.165, 1.54) is 0 Å². The summed E-state index contributed by atoms with van der Waals surface area (Å²) in [6.07, 6.45) is 3.22. The highest BCUT2D eigenvalue weighted by atomic mass is 32.1. The van der Waals surface area contributed by atoms with Crippen LogP contribution in [0.1, 0.15) is 16.7 Å². The van der Waals surface area contributed by atoms with E-state index in [4.69, 9.17) is 12.2 Å². The number of hydrogen-bond acceptors (Lipinski definition) is 3. The summed E-state index contributed by atoms with van der Waals surface area (Å²) >= 11 is 4.97. The van der Waals surface area contributed by atoms with Gasteiger partial charge in [-0.15, -0.1) is 6.58 Å². The summed E-state index contributed by atoms with van der Waals surface area (Å²) in [4.78, 5) is 0. The van der Waals surface area contributed by atoms with E-state index in [0.717, 1.165) is 5.56 Å². The molecule has 0 atom stereocenters. The molecule has 0 radical (unpaired) electrons. The van der Waals surface area contributed by atoms with Crippen LogP contribution in [0.15, 0.2) is 29.9 Å².